The molecule has 130 valence electrons. The molecule has 0 heterocycles. The molecule has 2 aliphatic carbocycles. The summed E-state index contributed by atoms with van der Waals surface area (Å²) in [7, 11) is 1.64. The molecule has 2 N–H and O–H groups in total. The van der Waals surface area contributed by atoms with Crippen LogP contribution in [0.5, 0.6) is 5.75 Å². The maximum atomic E-state index is 12.4. The van der Waals surface area contributed by atoms with Crippen molar-refractivity contribution >= 4 is 11.8 Å². The van der Waals surface area contributed by atoms with E-state index in [4.69, 9.17) is 4.74 Å². The van der Waals surface area contributed by atoms with E-state index < -0.39 is 5.41 Å². The molecule has 2 amide bonds. The molecular formula is C19H26N2O3. The Morgan fingerprint density at radius 2 is 1.79 bits per heavy atom. The van der Waals surface area contributed by atoms with Gasteiger partial charge in [0.05, 0.1) is 7.11 Å². The second-order valence-electron chi connectivity index (χ2n) is 6.89. The van der Waals surface area contributed by atoms with Crippen LogP contribution in [0.2, 0.25) is 0 Å². The second-order valence-corrected chi connectivity index (χ2v) is 6.89. The topological polar surface area (TPSA) is 67.4 Å². The molecule has 5 heteroatoms. The third-order valence-corrected chi connectivity index (χ3v) is 5.17. The fraction of sp³-hybridized carbons (Fsp3) is 0.579. The summed E-state index contributed by atoms with van der Waals surface area (Å²) in [5.41, 5.74) is 0.332. The number of hydrogen-bond acceptors (Lipinski definition) is 3. The van der Waals surface area contributed by atoms with E-state index in [2.05, 4.69) is 10.6 Å². The van der Waals surface area contributed by atoms with Gasteiger partial charge in [-0.1, -0.05) is 25.0 Å². The highest BCUT2D eigenvalue weighted by Crippen LogP contribution is 2.46. The van der Waals surface area contributed by atoms with Gasteiger partial charge in [0.25, 0.3) is 0 Å². The SMILES string of the molecule is COc1ccc(CCNC(=O)C2(C(=O)NC3CCCC3)CC2)cc1. The summed E-state index contributed by atoms with van der Waals surface area (Å²) in [5, 5.41) is 6.01. The Labute approximate surface area is 143 Å². The summed E-state index contributed by atoms with van der Waals surface area (Å²) in [5.74, 6) is 0.631. The lowest BCUT2D eigenvalue weighted by molar-refractivity contribution is -0.137. The summed E-state index contributed by atoms with van der Waals surface area (Å²) >= 11 is 0. The van der Waals surface area contributed by atoms with E-state index >= 15 is 0 Å². The third-order valence-electron chi connectivity index (χ3n) is 5.17. The average Bonchev–Trinajstić information content (AvgIpc) is 3.27. The Morgan fingerprint density at radius 3 is 2.38 bits per heavy atom. The van der Waals surface area contributed by atoms with Crippen molar-refractivity contribution in [1.29, 1.82) is 0 Å². The van der Waals surface area contributed by atoms with E-state index in [0.29, 0.717) is 19.4 Å². The van der Waals surface area contributed by atoms with Crippen LogP contribution in [0, 0.1) is 5.41 Å². The number of carbonyl (C=O) groups is 2. The Bertz CT molecular complexity index is 587. The number of rotatable bonds is 7. The zero-order valence-corrected chi connectivity index (χ0v) is 14.3. The van der Waals surface area contributed by atoms with Gasteiger partial charge in [0.1, 0.15) is 11.2 Å². The molecule has 0 aromatic heterocycles. The first-order valence-electron chi connectivity index (χ1n) is 8.86. The Balaban J connectivity index is 1.46. The van der Waals surface area contributed by atoms with Crippen LogP contribution in [0.3, 0.4) is 0 Å². The van der Waals surface area contributed by atoms with E-state index in [1.807, 2.05) is 24.3 Å². The smallest absolute Gasteiger partial charge is 0.235 e. The maximum absolute atomic E-state index is 12.4. The number of amides is 2. The van der Waals surface area contributed by atoms with E-state index in [1.165, 1.54) is 12.8 Å². The summed E-state index contributed by atoms with van der Waals surface area (Å²) in [6.45, 7) is 0.545. The molecule has 0 atom stereocenters. The first-order chi connectivity index (χ1) is 11.6. The molecule has 0 bridgehead atoms. The number of ether oxygens (including phenoxy) is 1. The molecule has 0 unspecified atom stereocenters. The van der Waals surface area contributed by atoms with Crippen LogP contribution in [0.1, 0.15) is 44.1 Å². The van der Waals surface area contributed by atoms with Crippen LogP contribution in [-0.2, 0) is 16.0 Å². The largest absolute Gasteiger partial charge is 0.497 e. The second kappa shape index (κ2) is 7.24. The van der Waals surface area contributed by atoms with Crippen molar-refractivity contribution in [3.8, 4) is 5.75 Å². The Hall–Kier alpha value is -2.04. The first-order valence-corrected chi connectivity index (χ1v) is 8.86. The molecule has 1 aromatic rings. The molecule has 2 aliphatic rings. The summed E-state index contributed by atoms with van der Waals surface area (Å²) < 4.78 is 5.13. The highest BCUT2D eigenvalue weighted by Gasteiger charge is 2.56. The van der Waals surface area contributed by atoms with Gasteiger partial charge in [-0.2, -0.15) is 0 Å². The number of methoxy groups -OCH3 is 1. The zero-order chi connectivity index (χ0) is 17.0. The molecule has 2 fully saturated rings. The predicted octanol–water partition coefficient (Wildman–Crippen LogP) is 2.19. The maximum Gasteiger partial charge on any atom is 0.235 e. The van der Waals surface area contributed by atoms with Gasteiger partial charge in [-0.3, -0.25) is 9.59 Å². The summed E-state index contributed by atoms with van der Waals surface area (Å²) in [6, 6.07) is 8.07. The van der Waals surface area contributed by atoms with E-state index in [9.17, 15) is 9.59 Å². The monoisotopic (exact) mass is 330 g/mol. The van der Waals surface area contributed by atoms with Gasteiger partial charge in [0.15, 0.2) is 0 Å². The summed E-state index contributed by atoms with van der Waals surface area (Å²) in [4.78, 5) is 24.9. The molecule has 5 nitrogen and oxygen atoms in total. The quantitative estimate of drug-likeness (QED) is 0.753. The predicted molar refractivity (Wildman–Crippen MR) is 91.8 cm³/mol. The Morgan fingerprint density at radius 1 is 1.12 bits per heavy atom. The van der Waals surface area contributed by atoms with E-state index in [0.717, 1.165) is 30.6 Å². The number of carbonyl (C=O) groups excluding carboxylic acids is 2. The highest BCUT2D eigenvalue weighted by atomic mass is 16.5. The zero-order valence-electron chi connectivity index (χ0n) is 14.3. The van der Waals surface area contributed by atoms with Crippen molar-refractivity contribution in [3.63, 3.8) is 0 Å². The number of nitrogens with one attached hydrogen (secondary N) is 2. The van der Waals surface area contributed by atoms with Gasteiger partial charge in [-0.15, -0.1) is 0 Å². The summed E-state index contributed by atoms with van der Waals surface area (Å²) in [6.07, 6.45) is 6.51. The minimum absolute atomic E-state index is 0.0728. The van der Waals surface area contributed by atoms with Crippen LogP contribution in [-0.4, -0.2) is 31.5 Å². The molecule has 0 radical (unpaired) electrons. The van der Waals surface area contributed by atoms with Crippen molar-refractivity contribution in [2.75, 3.05) is 13.7 Å². The highest BCUT2D eigenvalue weighted by molar-refractivity contribution is 6.07. The molecular weight excluding hydrogens is 304 g/mol. The van der Waals surface area contributed by atoms with Gasteiger partial charge in [0.2, 0.25) is 11.8 Å². The van der Waals surface area contributed by atoms with Crippen LogP contribution in [0.25, 0.3) is 0 Å². The van der Waals surface area contributed by atoms with E-state index in [1.54, 1.807) is 7.11 Å². The normalized spacial score (nSPS) is 18.9. The molecule has 1 aromatic carbocycles. The molecule has 0 aliphatic heterocycles. The van der Waals surface area contributed by atoms with Crippen molar-refractivity contribution in [3.05, 3.63) is 29.8 Å². The third kappa shape index (κ3) is 3.71. The van der Waals surface area contributed by atoms with Gasteiger partial charge < -0.3 is 15.4 Å². The minimum Gasteiger partial charge on any atom is -0.497 e. The van der Waals surface area contributed by atoms with Crippen molar-refractivity contribution in [1.82, 2.24) is 10.6 Å². The van der Waals surface area contributed by atoms with Crippen LogP contribution in [0.4, 0.5) is 0 Å². The number of benzene rings is 1. The molecule has 0 saturated heterocycles. The molecule has 0 spiro atoms. The van der Waals surface area contributed by atoms with Crippen LogP contribution < -0.4 is 15.4 Å². The van der Waals surface area contributed by atoms with Crippen LogP contribution in [0.15, 0.2) is 24.3 Å². The Kier molecular flexibility index (Phi) is 5.07. The first kappa shape index (κ1) is 16.8. The van der Waals surface area contributed by atoms with Gasteiger partial charge in [-0.05, 0) is 49.8 Å². The fourth-order valence-electron chi connectivity index (χ4n) is 3.36. The molecule has 3 rings (SSSR count). The van der Waals surface area contributed by atoms with E-state index in [-0.39, 0.29) is 17.9 Å². The van der Waals surface area contributed by atoms with Crippen molar-refractivity contribution in [2.45, 2.75) is 51.0 Å². The molecule has 24 heavy (non-hydrogen) atoms. The molecule has 2 saturated carbocycles. The number of hydrogen-bond donors (Lipinski definition) is 2. The fourth-order valence-corrected chi connectivity index (χ4v) is 3.36. The lowest BCUT2D eigenvalue weighted by Gasteiger charge is -2.18. The average molecular weight is 330 g/mol. The van der Waals surface area contributed by atoms with Gasteiger partial charge in [-0.25, -0.2) is 0 Å². The lowest BCUT2D eigenvalue weighted by atomic mass is 10.0. The van der Waals surface area contributed by atoms with Gasteiger partial charge >= 0.3 is 0 Å². The lowest BCUT2D eigenvalue weighted by Crippen LogP contribution is -2.46. The minimum atomic E-state index is -0.803. The standard InChI is InChI=1S/C19H26N2O3/c1-24-16-8-6-14(7-9-16)10-13-20-17(22)19(11-12-19)18(23)21-15-4-2-3-5-15/h6-9,15H,2-5,10-13H2,1H3,(H,20,22)(H,21,23). The van der Waals surface area contributed by atoms with Crippen molar-refractivity contribution in [2.24, 2.45) is 5.41 Å². The van der Waals surface area contributed by atoms with Crippen LogP contribution >= 0.6 is 0 Å². The van der Waals surface area contributed by atoms with Gasteiger partial charge in [0, 0.05) is 12.6 Å². The van der Waals surface area contributed by atoms with Crippen molar-refractivity contribution < 1.29 is 14.3 Å².